The van der Waals surface area contributed by atoms with E-state index in [9.17, 15) is 9.18 Å². The largest absolute Gasteiger partial charge is 0.444 e. The van der Waals surface area contributed by atoms with Crippen LogP contribution in [0.1, 0.15) is 27.2 Å². The Kier molecular flexibility index (Phi) is 4.13. The fourth-order valence-electron chi connectivity index (χ4n) is 1.82. The van der Waals surface area contributed by atoms with Gasteiger partial charge < -0.3 is 15.4 Å². The molecule has 1 fully saturated rings. The first kappa shape index (κ1) is 13.2. The van der Waals surface area contributed by atoms with Crippen LogP contribution in [-0.2, 0) is 4.74 Å². The van der Waals surface area contributed by atoms with Gasteiger partial charge >= 0.3 is 6.09 Å². The molecule has 1 aliphatic heterocycles. The summed E-state index contributed by atoms with van der Waals surface area (Å²) in [5, 5.41) is 0. The van der Waals surface area contributed by atoms with Crippen molar-refractivity contribution in [3.05, 3.63) is 0 Å². The van der Waals surface area contributed by atoms with E-state index in [1.807, 2.05) is 20.8 Å². The van der Waals surface area contributed by atoms with Gasteiger partial charge in [0.15, 0.2) is 0 Å². The summed E-state index contributed by atoms with van der Waals surface area (Å²) in [5.41, 5.74) is 5.34. The summed E-state index contributed by atoms with van der Waals surface area (Å²) in [6.45, 7) is 6.03. The average Bonchev–Trinajstić information content (AvgIpc) is 2.46. The lowest BCUT2D eigenvalue weighted by Crippen LogP contribution is -2.36. The van der Waals surface area contributed by atoms with Crippen LogP contribution in [0.4, 0.5) is 9.18 Å². The van der Waals surface area contributed by atoms with Gasteiger partial charge in [-0.05, 0) is 33.1 Å². The number of hydrogen-bond donors (Lipinski definition) is 1. The normalized spacial score (nSPS) is 25.9. The van der Waals surface area contributed by atoms with E-state index in [1.54, 1.807) is 4.90 Å². The summed E-state index contributed by atoms with van der Waals surface area (Å²) < 4.78 is 17.5. The molecule has 1 amide bonds. The molecule has 1 heterocycles. The summed E-state index contributed by atoms with van der Waals surface area (Å²) in [5.74, 6) is 0.0533. The highest BCUT2D eigenvalue weighted by Crippen LogP contribution is 2.21. The van der Waals surface area contributed by atoms with Crippen LogP contribution in [0.15, 0.2) is 0 Å². The molecular formula is C11H21FN2O2. The van der Waals surface area contributed by atoms with Gasteiger partial charge in [-0.25, -0.2) is 4.79 Å². The predicted molar refractivity (Wildman–Crippen MR) is 59.9 cm³/mol. The smallest absolute Gasteiger partial charge is 0.410 e. The van der Waals surface area contributed by atoms with E-state index in [2.05, 4.69) is 0 Å². The average molecular weight is 232 g/mol. The van der Waals surface area contributed by atoms with Crippen molar-refractivity contribution < 1.29 is 13.9 Å². The Morgan fingerprint density at radius 1 is 1.50 bits per heavy atom. The monoisotopic (exact) mass is 232 g/mol. The number of nitrogens with zero attached hydrogens (tertiary/aromatic N) is 1. The molecule has 0 aromatic carbocycles. The SMILES string of the molecule is CC(C)(C)OC(=O)N1CC(N)C(CCF)C1. The third kappa shape index (κ3) is 3.63. The van der Waals surface area contributed by atoms with Crippen molar-refractivity contribution >= 4 is 6.09 Å². The van der Waals surface area contributed by atoms with Crippen LogP contribution in [0, 0.1) is 5.92 Å². The predicted octanol–water partition coefficient (Wildman–Crippen LogP) is 1.54. The van der Waals surface area contributed by atoms with Crippen molar-refractivity contribution in [3.8, 4) is 0 Å². The third-order valence-corrected chi connectivity index (χ3v) is 2.62. The van der Waals surface area contributed by atoms with Crippen LogP contribution in [0.25, 0.3) is 0 Å². The molecule has 16 heavy (non-hydrogen) atoms. The molecule has 4 nitrogen and oxygen atoms in total. The number of nitrogens with two attached hydrogens (primary N) is 1. The van der Waals surface area contributed by atoms with Crippen molar-refractivity contribution in [2.45, 2.75) is 38.8 Å². The first-order chi connectivity index (χ1) is 7.33. The number of likely N-dealkylation sites (tertiary alicyclic amines) is 1. The molecule has 2 atom stereocenters. The molecule has 1 saturated heterocycles. The molecule has 0 aromatic rings. The van der Waals surface area contributed by atoms with Gasteiger partial charge in [0.1, 0.15) is 5.60 Å². The Balaban J connectivity index is 2.48. The second-order valence-corrected chi connectivity index (χ2v) is 5.29. The highest BCUT2D eigenvalue weighted by molar-refractivity contribution is 5.68. The van der Waals surface area contributed by atoms with Gasteiger partial charge in [0, 0.05) is 19.1 Å². The van der Waals surface area contributed by atoms with E-state index in [0.717, 1.165) is 0 Å². The van der Waals surface area contributed by atoms with Gasteiger partial charge in [-0.3, -0.25) is 4.39 Å². The molecule has 5 heteroatoms. The minimum absolute atomic E-state index is 0.0533. The lowest BCUT2D eigenvalue weighted by molar-refractivity contribution is 0.0286. The Hall–Kier alpha value is -0.840. The van der Waals surface area contributed by atoms with Crippen LogP contribution < -0.4 is 5.73 Å². The summed E-state index contributed by atoms with van der Waals surface area (Å²) in [6, 6.07) is -0.136. The highest BCUT2D eigenvalue weighted by atomic mass is 19.1. The molecule has 2 N–H and O–H groups in total. The summed E-state index contributed by atoms with van der Waals surface area (Å²) in [7, 11) is 0. The first-order valence-electron chi connectivity index (χ1n) is 5.63. The first-order valence-corrected chi connectivity index (χ1v) is 5.63. The summed E-state index contributed by atoms with van der Waals surface area (Å²) >= 11 is 0. The Bertz CT molecular complexity index is 253. The molecule has 1 aliphatic rings. The van der Waals surface area contributed by atoms with E-state index in [0.29, 0.717) is 19.5 Å². The van der Waals surface area contributed by atoms with Gasteiger partial charge in [0.2, 0.25) is 0 Å². The molecule has 0 saturated carbocycles. The molecule has 0 aromatic heterocycles. The Labute approximate surface area is 95.9 Å². The minimum Gasteiger partial charge on any atom is -0.444 e. The molecule has 0 radical (unpaired) electrons. The van der Waals surface area contributed by atoms with Crippen molar-refractivity contribution in [3.63, 3.8) is 0 Å². The molecule has 2 unspecified atom stereocenters. The van der Waals surface area contributed by atoms with Crippen LogP contribution in [0.5, 0.6) is 0 Å². The number of carbonyl (C=O) groups excluding carboxylic acids is 1. The van der Waals surface area contributed by atoms with Crippen molar-refractivity contribution in [1.82, 2.24) is 4.90 Å². The van der Waals surface area contributed by atoms with E-state index in [-0.39, 0.29) is 24.7 Å². The van der Waals surface area contributed by atoms with Gasteiger partial charge in [-0.1, -0.05) is 0 Å². The van der Waals surface area contributed by atoms with Crippen LogP contribution >= 0.6 is 0 Å². The number of alkyl halides is 1. The number of rotatable bonds is 2. The zero-order chi connectivity index (χ0) is 12.3. The Morgan fingerprint density at radius 3 is 2.62 bits per heavy atom. The molecule has 0 bridgehead atoms. The summed E-state index contributed by atoms with van der Waals surface area (Å²) in [6.07, 6.45) is 0.0600. The van der Waals surface area contributed by atoms with E-state index < -0.39 is 5.60 Å². The van der Waals surface area contributed by atoms with E-state index >= 15 is 0 Å². The number of ether oxygens (including phenoxy) is 1. The fourth-order valence-corrected chi connectivity index (χ4v) is 1.82. The lowest BCUT2D eigenvalue weighted by atomic mass is 10.0. The standard InChI is InChI=1S/C11H21FN2O2/c1-11(2,3)16-10(15)14-6-8(4-5-12)9(13)7-14/h8-9H,4-7,13H2,1-3H3. The van der Waals surface area contributed by atoms with E-state index in [1.165, 1.54) is 0 Å². The van der Waals surface area contributed by atoms with Crippen molar-refractivity contribution in [2.75, 3.05) is 19.8 Å². The fraction of sp³-hybridized carbons (Fsp3) is 0.909. The van der Waals surface area contributed by atoms with Crippen molar-refractivity contribution in [1.29, 1.82) is 0 Å². The molecular weight excluding hydrogens is 211 g/mol. The maximum Gasteiger partial charge on any atom is 0.410 e. The number of amides is 1. The lowest BCUT2D eigenvalue weighted by Gasteiger charge is -2.24. The van der Waals surface area contributed by atoms with Gasteiger partial charge in [-0.2, -0.15) is 0 Å². The second kappa shape index (κ2) is 4.99. The van der Waals surface area contributed by atoms with Crippen molar-refractivity contribution in [2.24, 2.45) is 11.7 Å². The topological polar surface area (TPSA) is 55.6 Å². The van der Waals surface area contributed by atoms with Gasteiger partial charge in [0.25, 0.3) is 0 Å². The highest BCUT2D eigenvalue weighted by Gasteiger charge is 2.34. The molecule has 1 rings (SSSR count). The number of carbonyl (C=O) groups is 1. The quantitative estimate of drug-likeness (QED) is 0.785. The third-order valence-electron chi connectivity index (χ3n) is 2.62. The van der Waals surface area contributed by atoms with Crippen LogP contribution in [0.3, 0.4) is 0 Å². The molecule has 94 valence electrons. The van der Waals surface area contributed by atoms with Gasteiger partial charge in [-0.15, -0.1) is 0 Å². The minimum atomic E-state index is -0.501. The zero-order valence-electron chi connectivity index (χ0n) is 10.2. The molecule has 0 spiro atoms. The maximum absolute atomic E-state index is 12.2. The van der Waals surface area contributed by atoms with E-state index in [4.69, 9.17) is 10.5 Å². The maximum atomic E-state index is 12.2. The van der Waals surface area contributed by atoms with Crippen LogP contribution in [0.2, 0.25) is 0 Å². The second-order valence-electron chi connectivity index (χ2n) is 5.29. The van der Waals surface area contributed by atoms with Crippen LogP contribution in [-0.4, -0.2) is 42.4 Å². The Morgan fingerprint density at radius 2 is 2.12 bits per heavy atom. The van der Waals surface area contributed by atoms with Gasteiger partial charge in [0.05, 0.1) is 6.67 Å². The summed E-state index contributed by atoms with van der Waals surface area (Å²) in [4.78, 5) is 13.3. The molecule has 0 aliphatic carbocycles. The zero-order valence-corrected chi connectivity index (χ0v) is 10.2. The number of halogens is 1. The number of hydrogen-bond acceptors (Lipinski definition) is 3.